The Labute approximate surface area is 74.2 Å². The van der Waals surface area contributed by atoms with Crippen LogP contribution in [0.25, 0.3) is 12.2 Å². The summed E-state index contributed by atoms with van der Waals surface area (Å²) in [5, 5.41) is 2.70. The van der Waals surface area contributed by atoms with Gasteiger partial charge in [-0.2, -0.15) is 0 Å². The lowest BCUT2D eigenvalue weighted by Gasteiger charge is -1.93. The maximum Gasteiger partial charge on any atom is -0.0225 e. The van der Waals surface area contributed by atoms with E-state index in [1.165, 1.54) is 16.0 Å². The molecule has 0 aromatic heterocycles. The molecule has 0 aliphatic heterocycles. The number of rotatable bonds is 1. The van der Waals surface area contributed by atoms with Crippen LogP contribution in [-0.4, -0.2) is 0 Å². The molecule has 0 N–H and O–H groups in total. The van der Waals surface area contributed by atoms with E-state index < -0.39 is 0 Å². The van der Waals surface area contributed by atoms with Gasteiger partial charge in [-0.1, -0.05) is 42.8 Å². The van der Waals surface area contributed by atoms with Gasteiger partial charge in [-0.05, 0) is 30.7 Å². The van der Waals surface area contributed by atoms with Crippen LogP contribution in [0.1, 0.15) is 25.8 Å². The molecule has 1 rings (SSSR count). The number of aryl methyl sites for hydroxylation is 1. The first kappa shape index (κ1) is 9.05. The summed E-state index contributed by atoms with van der Waals surface area (Å²) >= 11 is 0. The molecule has 64 valence electrons. The lowest BCUT2D eigenvalue weighted by Crippen LogP contribution is -2.23. The van der Waals surface area contributed by atoms with Crippen LogP contribution in [0.3, 0.4) is 0 Å². The van der Waals surface area contributed by atoms with E-state index in [1.807, 2.05) is 0 Å². The molecule has 0 atom stereocenters. The van der Waals surface area contributed by atoms with Gasteiger partial charge >= 0.3 is 0 Å². The van der Waals surface area contributed by atoms with Gasteiger partial charge in [-0.25, -0.2) is 0 Å². The molecule has 0 aliphatic carbocycles. The second kappa shape index (κ2) is 4.10. The lowest BCUT2D eigenvalue weighted by molar-refractivity contribution is 1.27. The second-order valence-electron chi connectivity index (χ2n) is 3.03. The molecule has 0 saturated heterocycles. The molecule has 0 aliphatic rings. The zero-order valence-electron chi connectivity index (χ0n) is 8.09. The van der Waals surface area contributed by atoms with Gasteiger partial charge < -0.3 is 0 Å². The average Bonchev–Trinajstić information content (AvgIpc) is 2.05. The van der Waals surface area contributed by atoms with E-state index in [1.54, 1.807) is 0 Å². The highest BCUT2D eigenvalue weighted by Crippen LogP contribution is 1.87. The van der Waals surface area contributed by atoms with E-state index >= 15 is 0 Å². The third-order valence-corrected chi connectivity index (χ3v) is 1.98. The van der Waals surface area contributed by atoms with Crippen molar-refractivity contribution in [1.29, 1.82) is 0 Å². The van der Waals surface area contributed by atoms with Gasteiger partial charge in [0.25, 0.3) is 0 Å². The van der Waals surface area contributed by atoms with E-state index in [4.69, 9.17) is 0 Å². The van der Waals surface area contributed by atoms with Crippen LogP contribution >= 0.6 is 0 Å². The van der Waals surface area contributed by atoms with Gasteiger partial charge in [0.15, 0.2) is 0 Å². The van der Waals surface area contributed by atoms with Crippen LogP contribution in [0.2, 0.25) is 0 Å². The molecule has 0 radical (unpaired) electrons. The zero-order valence-corrected chi connectivity index (χ0v) is 8.09. The molecule has 0 unspecified atom stereocenters. The number of hydrogen-bond acceptors (Lipinski definition) is 0. The summed E-state index contributed by atoms with van der Waals surface area (Å²) in [5.74, 6) is 0. The Balaban J connectivity index is 3.43. The smallest absolute Gasteiger partial charge is 0.0225 e. The fourth-order valence-electron chi connectivity index (χ4n) is 1.35. The van der Waals surface area contributed by atoms with Crippen molar-refractivity contribution in [3.05, 3.63) is 34.2 Å². The van der Waals surface area contributed by atoms with E-state index in [-0.39, 0.29) is 0 Å². The van der Waals surface area contributed by atoms with Crippen molar-refractivity contribution in [3.63, 3.8) is 0 Å². The first-order valence-corrected chi connectivity index (χ1v) is 4.51. The summed E-state index contributed by atoms with van der Waals surface area (Å²) in [6.07, 6.45) is 5.52. The Morgan fingerprint density at radius 3 is 2.58 bits per heavy atom. The highest BCUT2D eigenvalue weighted by Gasteiger charge is 1.84. The monoisotopic (exact) mass is 160 g/mol. The van der Waals surface area contributed by atoms with Crippen molar-refractivity contribution >= 4 is 12.2 Å². The van der Waals surface area contributed by atoms with Gasteiger partial charge in [-0.15, -0.1) is 0 Å². The van der Waals surface area contributed by atoms with Gasteiger partial charge in [0, 0.05) is 0 Å². The van der Waals surface area contributed by atoms with Crippen molar-refractivity contribution in [3.8, 4) is 0 Å². The van der Waals surface area contributed by atoms with Crippen molar-refractivity contribution in [1.82, 2.24) is 0 Å². The highest BCUT2D eigenvalue weighted by atomic mass is 13.9. The average molecular weight is 160 g/mol. The first-order chi connectivity index (χ1) is 5.77. The summed E-state index contributed by atoms with van der Waals surface area (Å²) in [6, 6.07) is 6.57. The molecule has 0 heteroatoms. The fraction of sp³-hybridized carbons (Fsp3) is 0.333. The molecule has 0 nitrogen and oxygen atoms in total. The Morgan fingerprint density at radius 1 is 1.25 bits per heavy atom. The van der Waals surface area contributed by atoms with Gasteiger partial charge in [0.05, 0.1) is 0 Å². The minimum atomic E-state index is 1.10. The molecule has 0 fully saturated rings. The predicted octanol–water partition coefficient (Wildman–Crippen LogP) is 1.99. The van der Waals surface area contributed by atoms with Crippen LogP contribution in [0.5, 0.6) is 0 Å². The van der Waals surface area contributed by atoms with Gasteiger partial charge in [0.1, 0.15) is 0 Å². The lowest BCUT2D eigenvalue weighted by atomic mass is 10.1. The van der Waals surface area contributed by atoms with Crippen molar-refractivity contribution < 1.29 is 0 Å². The molecule has 0 spiro atoms. The normalized spacial score (nSPS) is 13.9. The summed E-state index contributed by atoms with van der Waals surface area (Å²) in [6.45, 7) is 6.38. The van der Waals surface area contributed by atoms with Crippen molar-refractivity contribution in [2.24, 2.45) is 0 Å². The first-order valence-electron chi connectivity index (χ1n) is 4.51. The predicted molar refractivity (Wildman–Crippen MR) is 55.3 cm³/mol. The van der Waals surface area contributed by atoms with Gasteiger partial charge in [-0.3, -0.25) is 0 Å². The number of hydrogen-bond donors (Lipinski definition) is 0. The summed E-state index contributed by atoms with van der Waals surface area (Å²) < 4.78 is 0. The molecular weight excluding hydrogens is 144 g/mol. The highest BCUT2D eigenvalue weighted by molar-refractivity contribution is 5.32. The molecule has 1 aromatic rings. The molecule has 0 saturated carbocycles. The zero-order chi connectivity index (χ0) is 8.97. The van der Waals surface area contributed by atoms with Crippen LogP contribution in [0.15, 0.2) is 18.2 Å². The van der Waals surface area contributed by atoms with E-state index in [2.05, 4.69) is 51.1 Å². The molecule has 0 bridgehead atoms. The summed E-state index contributed by atoms with van der Waals surface area (Å²) in [5.41, 5.74) is 1.33. The van der Waals surface area contributed by atoms with Crippen LogP contribution in [-0.2, 0) is 0 Å². The molecule has 0 heterocycles. The summed E-state index contributed by atoms with van der Waals surface area (Å²) in [4.78, 5) is 0. The SMILES string of the molecule is C/C=c1/ccc(C)c/c1=C/CC. The van der Waals surface area contributed by atoms with E-state index in [0.717, 1.165) is 6.42 Å². The quantitative estimate of drug-likeness (QED) is 0.589. The minimum Gasteiger partial charge on any atom is -0.0798 e. The Morgan fingerprint density at radius 2 is 2.00 bits per heavy atom. The van der Waals surface area contributed by atoms with Crippen LogP contribution in [0.4, 0.5) is 0 Å². The molecule has 12 heavy (non-hydrogen) atoms. The minimum absolute atomic E-state index is 1.10. The van der Waals surface area contributed by atoms with E-state index in [9.17, 15) is 0 Å². The Hall–Kier alpha value is -1.04. The third-order valence-electron chi connectivity index (χ3n) is 1.98. The molecule has 0 amide bonds. The third kappa shape index (κ3) is 1.97. The fourth-order valence-corrected chi connectivity index (χ4v) is 1.35. The molecule has 1 aromatic carbocycles. The molecular formula is C12H16. The number of benzene rings is 1. The van der Waals surface area contributed by atoms with Crippen molar-refractivity contribution in [2.75, 3.05) is 0 Å². The van der Waals surface area contributed by atoms with Gasteiger partial charge in [0.2, 0.25) is 0 Å². The van der Waals surface area contributed by atoms with Crippen molar-refractivity contribution in [2.45, 2.75) is 27.2 Å². The van der Waals surface area contributed by atoms with E-state index in [0.29, 0.717) is 0 Å². The van der Waals surface area contributed by atoms with Crippen LogP contribution < -0.4 is 10.4 Å². The Kier molecular flexibility index (Phi) is 3.09. The standard InChI is InChI=1S/C12H16/c1-4-6-12-9-10(3)7-8-11(12)5-2/h5-9H,4H2,1-3H3/b11-5-,12-6-. The largest absolute Gasteiger partial charge is 0.0798 e. The maximum absolute atomic E-state index is 2.27. The second-order valence-corrected chi connectivity index (χ2v) is 3.03. The summed E-state index contributed by atoms with van der Waals surface area (Å²) in [7, 11) is 0. The topological polar surface area (TPSA) is 0 Å². The maximum atomic E-state index is 2.27. The Bertz CT molecular complexity index is 358. The van der Waals surface area contributed by atoms with Crippen LogP contribution in [0, 0.1) is 6.92 Å².